The minimum atomic E-state index is -0.403. The number of thiol groups is 1. The van der Waals surface area contributed by atoms with Gasteiger partial charge in [-0.2, -0.15) is 12.6 Å². The van der Waals surface area contributed by atoms with E-state index in [-0.39, 0.29) is 19.1 Å². The molecule has 0 spiro atoms. The van der Waals surface area contributed by atoms with Crippen molar-refractivity contribution < 1.29 is 14.7 Å². The summed E-state index contributed by atoms with van der Waals surface area (Å²) in [4.78, 5) is 21.8. The molecular formula is C8H14N2O3S. The molecule has 0 radical (unpaired) electrons. The minimum Gasteiger partial charge on any atom is -0.395 e. The Morgan fingerprint density at radius 1 is 1.14 bits per heavy atom. The summed E-state index contributed by atoms with van der Waals surface area (Å²) in [5, 5.41) is 13.3. The Morgan fingerprint density at radius 3 is 2.07 bits per heavy atom. The summed E-state index contributed by atoms with van der Waals surface area (Å²) < 4.78 is 0. The number of rotatable bonds is 6. The molecule has 0 unspecified atom stereocenters. The molecule has 0 heterocycles. The van der Waals surface area contributed by atoms with E-state index in [2.05, 4.69) is 23.3 Å². The topological polar surface area (TPSA) is 78.4 Å². The van der Waals surface area contributed by atoms with Crippen LogP contribution < -0.4 is 10.6 Å². The van der Waals surface area contributed by atoms with Crippen LogP contribution in [0.4, 0.5) is 0 Å². The standard InChI is InChI=1S/C8H14N2O3S/c11-5-3-9-7(12)1-2-8(13)10-4-6-14/h1-2,11,14H,3-6H2,(H,9,12)(H,10,13)/b2-1+. The summed E-state index contributed by atoms with van der Waals surface area (Å²) in [6.07, 6.45) is 2.25. The molecule has 0 saturated heterocycles. The van der Waals surface area contributed by atoms with E-state index in [0.29, 0.717) is 12.3 Å². The maximum absolute atomic E-state index is 10.9. The fourth-order valence-electron chi connectivity index (χ4n) is 0.627. The van der Waals surface area contributed by atoms with Crippen LogP contribution in [0, 0.1) is 0 Å². The van der Waals surface area contributed by atoms with E-state index < -0.39 is 5.91 Å². The fraction of sp³-hybridized carbons (Fsp3) is 0.500. The van der Waals surface area contributed by atoms with Gasteiger partial charge in [0.25, 0.3) is 0 Å². The third-order valence-corrected chi connectivity index (χ3v) is 1.43. The van der Waals surface area contributed by atoms with Crippen molar-refractivity contribution in [1.82, 2.24) is 10.6 Å². The number of aliphatic hydroxyl groups excluding tert-OH is 1. The maximum Gasteiger partial charge on any atom is 0.244 e. The first-order valence-corrected chi connectivity index (χ1v) is 4.79. The van der Waals surface area contributed by atoms with Crippen molar-refractivity contribution in [2.24, 2.45) is 0 Å². The van der Waals surface area contributed by atoms with Crippen LogP contribution in [0.3, 0.4) is 0 Å². The normalized spacial score (nSPS) is 10.1. The highest BCUT2D eigenvalue weighted by molar-refractivity contribution is 7.80. The predicted molar refractivity (Wildman–Crippen MR) is 56.1 cm³/mol. The molecule has 0 aliphatic carbocycles. The van der Waals surface area contributed by atoms with Gasteiger partial charge in [0.2, 0.25) is 11.8 Å². The van der Waals surface area contributed by atoms with Gasteiger partial charge in [0.1, 0.15) is 0 Å². The van der Waals surface area contributed by atoms with E-state index in [1.54, 1.807) is 0 Å². The molecule has 0 aromatic heterocycles. The van der Waals surface area contributed by atoms with Crippen molar-refractivity contribution in [2.45, 2.75) is 0 Å². The third-order valence-electron chi connectivity index (χ3n) is 1.21. The average Bonchev–Trinajstić information content (AvgIpc) is 2.20. The lowest BCUT2D eigenvalue weighted by molar-refractivity contribution is -0.118. The number of amides is 2. The van der Waals surface area contributed by atoms with E-state index in [1.165, 1.54) is 0 Å². The first-order chi connectivity index (χ1) is 6.70. The Balaban J connectivity index is 3.68. The van der Waals surface area contributed by atoms with E-state index >= 15 is 0 Å². The second-order valence-electron chi connectivity index (χ2n) is 2.36. The molecule has 0 bridgehead atoms. The van der Waals surface area contributed by atoms with Gasteiger partial charge < -0.3 is 15.7 Å². The zero-order valence-corrected chi connectivity index (χ0v) is 8.59. The first kappa shape index (κ1) is 13.0. The van der Waals surface area contributed by atoms with Crippen LogP contribution in [0.1, 0.15) is 0 Å². The van der Waals surface area contributed by atoms with Gasteiger partial charge in [0.05, 0.1) is 6.61 Å². The predicted octanol–water partition coefficient (Wildman–Crippen LogP) is -1.30. The molecule has 0 atom stereocenters. The van der Waals surface area contributed by atoms with Crippen molar-refractivity contribution in [1.29, 1.82) is 0 Å². The van der Waals surface area contributed by atoms with Crippen LogP contribution in [-0.2, 0) is 9.59 Å². The molecule has 0 saturated carbocycles. The third kappa shape index (κ3) is 7.63. The van der Waals surface area contributed by atoms with E-state index in [9.17, 15) is 9.59 Å². The molecule has 0 aliphatic rings. The Labute approximate surface area is 88.0 Å². The number of carbonyl (C=O) groups excluding carboxylic acids is 2. The highest BCUT2D eigenvalue weighted by Crippen LogP contribution is 1.76. The van der Waals surface area contributed by atoms with Crippen molar-refractivity contribution in [3.8, 4) is 0 Å². The molecule has 80 valence electrons. The van der Waals surface area contributed by atoms with Crippen LogP contribution in [0.25, 0.3) is 0 Å². The summed E-state index contributed by atoms with van der Waals surface area (Å²) in [5.41, 5.74) is 0. The molecule has 0 aliphatic heterocycles. The van der Waals surface area contributed by atoms with Crippen LogP contribution >= 0.6 is 12.6 Å². The lowest BCUT2D eigenvalue weighted by atomic mass is 10.4. The molecule has 2 amide bonds. The number of hydrogen-bond donors (Lipinski definition) is 4. The second-order valence-corrected chi connectivity index (χ2v) is 2.81. The van der Waals surface area contributed by atoms with E-state index in [1.807, 2.05) is 0 Å². The van der Waals surface area contributed by atoms with Crippen LogP contribution in [-0.4, -0.2) is 42.4 Å². The van der Waals surface area contributed by atoms with Gasteiger partial charge in [-0.25, -0.2) is 0 Å². The lowest BCUT2D eigenvalue weighted by Gasteiger charge is -1.98. The molecule has 14 heavy (non-hydrogen) atoms. The molecule has 5 nitrogen and oxygen atoms in total. The Bertz CT molecular complexity index is 197. The number of hydrogen-bond acceptors (Lipinski definition) is 4. The molecular weight excluding hydrogens is 204 g/mol. The Kier molecular flexibility index (Phi) is 7.96. The summed E-state index contributed by atoms with van der Waals surface area (Å²) in [6, 6.07) is 0. The summed E-state index contributed by atoms with van der Waals surface area (Å²) in [6.45, 7) is 0.525. The largest absolute Gasteiger partial charge is 0.395 e. The van der Waals surface area contributed by atoms with Crippen molar-refractivity contribution in [3.05, 3.63) is 12.2 Å². The van der Waals surface area contributed by atoms with Crippen molar-refractivity contribution in [2.75, 3.05) is 25.4 Å². The lowest BCUT2D eigenvalue weighted by Crippen LogP contribution is -2.26. The molecule has 0 fully saturated rings. The molecule has 0 aromatic carbocycles. The number of carbonyl (C=O) groups is 2. The zero-order chi connectivity index (χ0) is 10.8. The van der Waals surface area contributed by atoms with E-state index in [4.69, 9.17) is 5.11 Å². The van der Waals surface area contributed by atoms with Gasteiger partial charge in [-0.15, -0.1) is 0 Å². The monoisotopic (exact) mass is 218 g/mol. The van der Waals surface area contributed by atoms with Gasteiger partial charge in [-0.1, -0.05) is 0 Å². The van der Waals surface area contributed by atoms with Crippen LogP contribution in [0.5, 0.6) is 0 Å². The zero-order valence-electron chi connectivity index (χ0n) is 7.69. The van der Waals surface area contributed by atoms with Crippen LogP contribution in [0.15, 0.2) is 12.2 Å². The summed E-state index contributed by atoms with van der Waals surface area (Å²) in [5.74, 6) is -0.186. The smallest absolute Gasteiger partial charge is 0.244 e. The minimum absolute atomic E-state index is 0.120. The highest BCUT2D eigenvalue weighted by atomic mass is 32.1. The quantitative estimate of drug-likeness (QED) is 0.330. The summed E-state index contributed by atoms with van der Waals surface area (Å²) >= 11 is 3.90. The first-order valence-electron chi connectivity index (χ1n) is 4.16. The van der Waals surface area contributed by atoms with Gasteiger partial charge in [0.15, 0.2) is 0 Å². The number of aliphatic hydroxyl groups is 1. The Hall–Kier alpha value is -1.01. The molecule has 0 rings (SSSR count). The second kappa shape index (κ2) is 8.58. The van der Waals surface area contributed by atoms with Crippen molar-refractivity contribution >= 4 is 24.4 Å². The summed E-state index contributed by atoms with van der Waals surface area (Å²) in [7, 11) is 0. The van der Waals surface area contributed by atoms with Gasteiger partial charge in [0, 0.05) is 31.0 Å². The fourth-order valence-corrected chi connectivity index (χ4v) is 0.739. The molecule has 6 heteroatoms. The molecule has 0 aromatic rings. The Morgan fingerprint density at radius 2 is 1.64 bits per heavy atom. The highest BCUT2D eigenvalue weighted by Gasteiger charge is 1.96. The van der Waals surface area contributed by atoms with Gasteiger partial charge in [-0.3, -0.25) is 9.59 Å². The van der Waals surface area contributed by atoms with Crippen molar-refractivity contribution in [3.63, 3.8) is 0 Å². The maximum atomic E-state index is 10.9. The van der Waals surface area contributed by atoms with Gasteiger partial charge >= 0.3 is 0 Å². The van der Waals surface area contributed by atoms with Gasteiger partial charge in [-0.05, 0) is 0 Å². The number of nitrogens with one attached hydrogen (secondary N) is 2. The SMILES string of the molecule is O=C(/C=C/C(=O)NCCS)NCCO. The average molecular weight is 218 g/mol. The van der Waals surface area contributed by atoms with Crippen LogP contribution in [0.2, 0.25) is 0 Å². The van der Waals surface area contributed by atoms with E-state index in [0.717, 1.165) is 12.2 Å². The molecule has 3 N–H and O–H groups in total.